The van der Waals surface area contributed by atoms with E-state index < -0.39 is 11.6 Å². The summed E-state index contributed by atoms with van der Waals surface area (Å²) in [7, 11) is 0. The number of carboxylic acid groups (broad SMARTS) is 1. The van der Waals surface area contributed by atoms with Crippen LogP contribution in [-0.2, 0) is 11.2 Å². The predicted molar refractivity (Wildman–Crippen MR) is 146 cm³/mol. The first-order valence-corrected chi connectivity index (χ1v) is 14.1. The Kier molecular flexibility index (Phi) is 11.4. The third-order valence-electron chi connectivity index (χ3n) is 8.13. The molecule has 0 aromatic heterocycles. The van der Waals surface area contributed by atoms with Crippen molar-refractivity contribution < 1.29 is 19.4 Å². The Balaban J connectivity index is 1.90. The minimum atomic E-state index is -1.23. The van der Waals surface area contributed by atoms with Crippen molar-refractivity contribution in [2.24, 2.45) is 17.8 Å². The van der Waals surface area contributed by atoms with Crippen molar-refractivity contribution in [3.63, 3.8) is 0 Å². The molecule has 4 nitrogen and oxygen atoms in total. The van der Waals surface area contributed by atoms with Gasteiger partial charge in [-0.1, -0.05) is 72.6 Å². The molecule has 4 heteroatoms. The van der Waals surface area contributed by atoms with Gasteiger partial charge < -0.3 is 14.6 Å². The van der Waals surface area contributed by atoms with Gasteiger partial charge in [-0.05, 0) is 87.8 Å². The van der Waals surface area contributed by atoms with Gasteiger partial charge in [0.2, 0.25) is 5.60 Å². The summed E-state index contributed by atoms with van der Waals surface area (Å²) < 4.78 is 12.3. The van der Waals surface area contributed by atoms with Gasteiger partial charge in [-0.25, -0.2) is 4.79 Å². The molecule has 2 rings (SSSR count). The molecule has 0 radical (unpaired) electrons. The second kappa shape index (κ2) is 13.6. The second-order valence-corrected chi connectivity index (χ2v) is 12.0. The molecule has 1 aromatic carbocycles. The van der Waals surface area contributed by atoms with Crippen LogP contribution in [0.3, 0.4) is 0 Å². The molecular formula is C31H52O4. The largest absolute Gasteiger partial charge is 0.493 e. The molecule has 0 spiro atoms. The SMILES string of the molecule is Cc1c(C)c2c(c(C)c1O[C@](C)(CCC[C@H](C)CCC[C@H](C)CCCC(C)C)C(=O)O)CCCO2. The highest BCUT2D eigenvalue weighted by atomic mass is 16.5. The molecule has 0 fully saturated rings. The van der Waals surface area contributed by atoms with E-state index in [0.717, 1.165) is 72.3 Å². The fourth-order valence-corrected chi connectivity index (χ4v) is 5.42. The van der Waals surface area contributed by atoms with Gasteiger partial charge in [-0.3, -0.25) is 0 Å². The highest BCUT2D eigenvalue weighted by Crippen LogP contribution is 2.42. The normalized spacial score (nSPS) is 16.8. The maximum absolute atomic E-state index is 12.3. The minimum absolute atomic E-state index is 0.518. The van der Waals surface area contributed by atoms with Gasteiger partial charge >= 0.3 is 5.97 Å². The molecule has 0 saturated carbocycles. The predicted octanol–water partition coefficient (Wildman–Crippen LogP) is 8.60. The van der Waals surface area contributed by atoms with Crippen LogP contribution in [0.5, 0.6) is 11.5 Å². The number of fused-ring (bicyclic) bond motifs is 1. The van der Waals surface area contributed by atoms with E-state index >= 15 is 0 Å². The van der Waals surface area contributed by atoms with Crippen molar-refractivity contribution in [1.29, 1.82) is 0 Å². The summed E-state index contributed by atoms with van der Waals surface area (Å²) in [6.45, 7) is 17.9. The first-order valence-electron chi connectivity index (χ1n) is 14.1. The molecule has 1 heterocycles. The molecule has 200 valence electrons. The standard InChI is InChI=1S/C31H52O4/c1-21(2)13-9-14-22(3)15-10-16-23(4)17-11-19-31(8,30(32)33)35-28-24(5)25(6)29-27(26(28)7)18-12-20-34-29/h21-23H,9-20H2,1-8H3,(H,32,33)/t22-,23-,31-/m1/s1. The quantitative estimate of drug-likeness (QED) is 0.268. The van der Waals surface area contributed by atoms with Crippen LogP contribution in [0, 0.1) is 38.5 Å². The Hall–Kier alpha value is -1.71. The highest BCUT2D eigenvalue weighted by molar-refractivity contribution is 5.77. The van der Waals surface area contributed by atoms with Crippen LogP contribution in [0.2, 0.25) is 0 Å². The van der Waals surface area contributed by atoms with Crippen molar-refractivity contribution in [2.75, 3.05) is 6.61 Å². The molecular weight excluding hydrogens is 436 g/mol. The fraction of sp³-hybridized carbons (Fsp3) is 0.774. The van der Waals surface area contributed by atoms with E-state index in [2.05, 4.69) is 34.6 Å². The van der Waals surface area contributed by atoms with Gasteiger partial charge in [0.1, 0.15) is 11.5 Å². The lowest BCUT2D eigenvalue weighted by molar-refractivity contribution is -0.154. The first kappa shape index (κ1) is 29.5. The van der Waals surface area contributed by atoms with Gasteiger partial charge in [0.15, 0.2) is 0 Å². The van der Waals surface area contributed by atoms with Crippen LogP contribution in [0.4, 0.5) is 0 Å². The number of hydrogen-bond donors (Lipinski definition) is 1. The Morgan fingerprint density at radius 1 is 0.914 bits per heavy atom. The molecule has 0 amide bonds. The first-order chi connectivity index (χ1) is 16.5. The van der Waals surface area contributed by atoms with E-state index in [9.17, 15) is 9.90 Å². The van der Waals surface area contributed by atoms with Gasteiger partial charge in [-0.2, -0.15) is 0 Å². The molecule has 1 N–H and O–H groups in total. The monoisotopic (exact) mass is 488 g/mol. The van der Waals surface area contributed by atoms with E-state index in [0.29, 0.717) is 12.3 Å². The lowest BCUT2D eigenvalue weighted by Crippen LogP contribution is -2.42. The maximum Gasteiger partial charge on any atom is 0.347 e. The van der Waals surface area contributed by atoms with Crippen LogP contribution >= 0.6 is 0 Å². The average Bonchev–Trinajstić information content (AvgIpc) is 2.80. The summed E-state index contributed by atoms with van der Waals surface area (Å²) in [5.41, 5.74) is 3.04. The molecule has 1 aliphatic rings. The third-order valence-corrected chi connectivity index (χ3v) is 8.13. The Morgan fingerprint density at radius 3 is 2.06 bits per heavy atom. The van der Waals surface area contributed by atoms with E-state index in [-0.39, 0.29) is 0 Å². The number of carboxylic acids is 1. The van der Waals surface area contributed by atoms with Crippen LogP contribution in [0.1, 0.15) is 121 Å². The fourth-order valence-electron chi connectivity index (χ4n) is 5.42. The van der Waals surface area contributed by atoms with E-state index in [1.54, 1.807) is 6.92 Å². The summed E-state index contributed by atoms with van der Waals surface area (Å²) >= 11 is 0. The van der Waals surface area contributed by atoms with Crippen molar-refractivity contribution >= 4 is 5.97 Å². The Morgan fingerprint density at radius 2 is 1.49 bits per heavy atom. The number of hydrogen-bond acceptors (Lipinski definition) is 3. The lowest BCUT2D eigenvalue weighted by Gasteiger charge is -2.31. The average molecular weight is 489 g/mol. The number of benzene rings is 1. The van der Waals surface area contributed by atoms with Gasteiger partial charge in [0, 0.05) is 5.56 Å². The van der Waals surface area contributed by atoms with Gasteiger partial charge in [0.05, 0.1) is 6.61 Å². The van der Waals surface area contributed by atoms with E-state index in [1.165, 1.54) is 44.1 Å². The van der Waals surface area contributed by atoms with Crippen molar-refractivity contribution in [3.8, 4) is 11.5 Å². The van der Waals surface area contributed by atoms with Crippen LogP contribution in [0.25, 0.3) is 0 Å². The summed E-state index contributed by atoms with van der Waals surface area (Å²) in [6, 6.07) is 0. The van der Waals surface area contributed by atoms with Crippen molar-refractivity contribution in [2.45, 2.75) is 132 Å². The molecule has 0 bridgehead atoms. The maximum atomic E-state index is 12.3. The number of ether oxygens (including phenoxy) is 2. The number of aliphatic carboxylic acids is 1. The second-order valence-electron chi connectivity index (χ2n) is 12.0. The zero-order chi connectivity index (χ0) is 26.2. The van der Waals surface area contributed by atoms with Gasteiger partial charge in [-0.15, -0.1) is 0 Å². The summed E-state index contributed by atoms with van der Waals surface area (Å²) in [4.78, 5) is 12.3. The molecule has 0 aliphatic carbocycles. The highest BCUT2D eigenvalue weighted by Gasteiger charge is 2.37. The minimum Gasteiger partial charge on any atom is -0.493 e. The molecule has 3 atom stereocenters. The Labute approximate surface area is 215 Å². The van der Waals surface area contributed by atoms with Crippen LogP contribution in [0.15, 0.2) is 0 Å². The molecule has 1 aliphatic heterocycles. The number of carbonyl (C=O) groups is 1. The van der Waals surface area contributed by atoms with Crippen molar-refractivity contribution in [3.05, 3.63) is 22.3 Å². The topological polar surface area (TPSA) is 55.8 Å². The van der Waals surface area contributed by atoms with Crippen molar-refractivity contribution in [1.82, 2.24) is 0 Å². The molecule has 0 unspecified atom stereocenters. The van der Waals surface area contributed by atoms with E-state index in [4.69, 9.17) is 9.47 Å². The van der Waals surface area contributed by atoms with Crippen LogP contribution < -0.4 is 9.47 Å². The lowest BCUT2D eigenvalue weighted by atomic mass is 9.89. The summed E-state index contributed by atoms with van der Waals surface area (Å²) in [5, 5.41) is 10.1. The zero-order valence-corrected chi connectivity index (χ0v) is 23.9. The zero-order valence-electron chi connectivity index (χ0n) is 23.9. The Bertz CT molecular complexity index is 828. The molecule has 35 heavy (non-hydrogen) atoms. The summed E-state index contributed by atoms with van der Waals surface area (Å²) in [5.74, 6) is 3.05. The summed E-state index contributed by atoms with van der Waals surface area (Å²) in [6.07, 6.45) is 12.2. The molecule has 1 aromatic rings. The van der Waals surface area contributed by atoms with E-state index in [1.807, 2.05) is 13.8 Å². The van der Waals surface area contributed by atoms with Crippen LogP contribution in [-0.4, -0.2) is 23.3 Å². The number of rotatable bonds is 15. The van der Waals surface area contributed by atoms with Gasteiger partial charge in [0.25, 0.3) is 0 Å². The third kappa shape index (κ3) is 8.43. The molecule has 0 saturated heterocycles. The smallest absolute Gasteiger partial charge is 0.347 e.